The number of aliphatic hydroxyl groups is 1. The zero-order valence-electron chi connectivity index (χ0n) is 16.3. The van der Waals surface area contributed by atoms with Crippen LogP contribution < -0.4 is 16.4 Å². The lowest BCUT2D eigenvalue weighted by molar-refractivity contribution is -0.0407. The number of nitrogens with two attached hydrogens (primary N) is 1. The van der Waals surface area contributed by atoms with E-state index in [1.807, 2.05) is 0 Å². The van der Waals surface area contributed by atoms with Crippen LogP contribution in [0.5, 0.6) is 0 Å². The highest BCUT2D eigenvalue weighted by molar-refractivity contribution is 8.06. The zero-order valence-corrected chi connectivity index (χ0v) is 18.1. The minimum absolute atomic E-state index is 0.153. The van der Waals surface area contributed by atoms with Gasteiger partial charge in [-0.3, -0.25) is 4.57 Å². The van der Waals surface area contributed by atoms with Crippen molar-refractivity contribution in [2.24, 2.45) is 0 Å². The molecule has 170 valence electrons. The Morgan fingerprint density at radius 3 is 2.75 bits per heavy atom. The van der Waals surface area contributed by atoms with Crippen LogP contribution in [0, 0.1) is 0 Å². The number of aromatic nitrogens is 4. The van der Waals surface area contributed by atoms with Crippen molar-refractivity contribution < 1.29 is 28.9 Å². The largest absolute Gasteiger partial charge is 0.388 e. The maximum Gasteiger partial charge on any atom is 0.321 e. The molecule has 7 N–H and O–H groups in total. The van der Waals surface area contributed by atoms with Crippen LogP contribution in [0.25, 0.3) is 11.2 Å². The molecule has 3 heterocycles. The highest BCUT2D eigenvalue weighted by Crippen LogP contribution is 2.39. The molecule has 32 heavy (non-hydrogen) atoms. The zero-order chi connectivity index (χ0) is 22.9. The van der Waals surface area contributed by atoms with E-state index in [4.69, 9.17) is 15.0 Å². The number of para-hydroxylation sites is 1. The number of rotatable bonds is 6. The number of carbonyl (C=O) groups excluding carboxylic acids is 1. The van der Waals surface area contributed by atoms with Gasteiger partial charge in [0.2, 0.25) is 0 Å². The lowest BCUT2D eigenvalue weighted by Crippen LogP contribution is -2.48. The number of aliphatic hydroxyl groups excluding tert-OH is 1. The number of urea groups is 1. The minimum atomic E-state index is -3.98. The van der Waals surface area contributed by atoms with Crippen molar-refractivity contribution in [3.05, 3.63) is 43.0 Å². The Morgan fingerprint density at radius 1 is 1.28 bits per heavy atom. The molecule has 0 unspecified atom stereocenters. The van der Waals surface area contributed by atoms with Gasteiger partial charge < -0.3 is 40.5 Å². The third-order valence-corrected chi connectivity index (χ3v) is 5.57. The van der Waals surface area contributed by atoms with Crippen LogP contribution in [0.4, 0.5) is 16.3 Å². The summed E-state index contributed by atoms with van der Waals surface area (Å²) in [6.07, 6.45) is -0.669. The first-order valence-electron chi connectivity index (χ1n) is 9.32. The SMILES string of the molecule is Nc1ncnc2c1ncn2[C@@H]1O[C@H](COP(O)(O)=S)[C@@H](O)[C@H]1NC(=O)Nc1ccccc1. The van der Waals surface area contributed by atoms with E-state index in [1.54, 1.807) is 30.3 Å². The van der Waals surface area contributed by atoms with E-state index in [9.17, 15) is 19.7 Å². The molecule has 2 aromatic heterocycles. The van der Waals surface area contributed by atoms with Gasteiger partial charge in [-0.25, -0.2) is 19.7 Å². The first-order chi connectivity index (χ1) is 15.2. The molecule has 1 aliphatic rings. The summed E-state index contributed by atoms with van der Waals surface area (Å²) in [6, 6.07) is 7.14. The van der Waals surface area contributed by atoms with Crippen molar-refractivity contribution in [2.45, 2.75) is 24.5 Å². The Balaban J connectivity index is 1.61. The van der Waals surface area contributed by atoms with Crippen LogP contribution in [0.2, 0.25) is 0 Å². The number of fused-ring (bicyclic) bond motifs is 1. The van der Waals surface area contributed by atoms with Gasteiger partial charge in [0.15, 0.2) is 17.7 Å². The Hall–Kier alpha value is -2.71. The van der Waals surface area contributed by atoms with Crippen molar-refractivity contribution in [2.75, 3.05) is 17.7 Å². The molecule has 4 atom stereocenters. The van der Waals surface area contributed by atoms with Crippen LogP contribution in [0.3, 0.4) is 0 Å². The van der Waals surface area contributed by atoms with Gasteiger partial charge >= 0.3 is 12.7 Å². The molecule has 0 aliphatic carbocycles. The van der Waals surface area contributed by atoms with Crippen LogP contribution >= 0.6 is 6.72 Å². The van der Waals surface area contributed by atoms with Gasteiger partial charge in [-0.1, -0.05) is 18.2 Å². The second-order valence-electron chi connectivity index (χ2n) is 6.92. The average molecular weight is 481 g/mol. The number of carbonyl (C=O) groups is 1. The Bertz CT molecular complexity index is 1160. The standard InChI is InChI=1S/C17H20N7O6PS/c18-14-12-15(20-7-19-14)24(8-21-12)16-11(13(25)10(30-16)6-29-31(27,28)32)23-17(26)22-9-4-2-1-3-5-9/h1-5,7-8,10-11,13,16,25H,6H2,(H2,18,19,20)(H2,22,23,26)(H2,27,28,32)/t10-,11-,13-,16-/m1/s1. The number of amides is 2. The first-order valence-corrected chi connectivity index (χ1v) is 11.9. The number of hydrogen-bond donors (Lipinski definition) is 6. The third-order valence-electron chi connectivity index (χ3n) is 4.77. The first kappa shape index (κ1) is 22.5. The molecule has 0 saturated carbocycles. The van der Waals surface area contributed by atoms with Crippen molar-refractivity contribution in [1.29, 1.82) is 0 Å². The maximum atomic E-state index is 12.6. The molecule has 3 aromatic rings. The molecule has 1 saturated heterocycles. The number of nitrogens with zero attached hydrogens (tertiary/aromatic N) is 4. The van der Waals surface area contributed by atoms with E-state index in [0.29, 0.717) is 16.9 Å². The fourth-order valence-corrected chi connectivity index (χ4v) is 3.87. The Morgan fingerprint density at radius 2 is 2.03 bits per heavy atom. The summed E-state index contributed by atoms with van der Waals surface area (Å²) in [5.74, 6) is 0.153. The highest BCUT2D eigenvalue weighted by atomic mass is 32.5. The molecule has 13 nitrogen and oxygen atoms in total. The smallest absolute Gasteiger partial charge is 0.321 e. The van der Waals surface area contributed by atoms with Gasteiger partial charge in [-0.05, 0) is 23.9 Å². The summed E-state index contributed by atoms with van der Waals surface area (Å²) in [5.41, 5.74) is 7.02. The van der Waals surface area contributed by atoms with Crippen LogP contribution in [0.1, 0.15) is 6.23 Å². The van der Waals surface area contributed by atoms with Crippen molar-refractivity contribution in [3.8, 4) is 0 Å². The summed E-state index contributed by atoms with van der Waals surface area (Å²) in [6.45, 7) is -4.39. The van der Waals surface area contributed by atoms with Crippen LogP contribution in [0.15, 0.2) is 43.0 Å². The molecular weight excluding hydrogens is 461 g/mol. The summed E-state index contributed by atoms with van der Waals surface area (Å²) >= 11 is 4.45. The van der Waals surface area contributed by atoms with Crippen molar-refractivity contribution in [1.82, 2.24) is 24.8 Å². The quantitative estimate of drug-likeness (QED) is 0.262. The van der Waals surface area contributed by atoms with Crippen LogP contribution in [-0.4, -0.2) is 65.3 Å². The molecule has 1 aromatic carbocycles. The number of imidazole rings is 1. The molecular formula is C17H20N7O6PS. The third kappa shape index (κ3) is 4.86. The van der Waals surface area contributed by atoms with Gasteiger partial charge in [-0.15, -0.1) is 0 Å². The number of hydrogen-bond acceptors (Lipinski definition) is 9. The van der Waals surface area contributed by atoms with Gasteiger partial charge in [0.1, 0.15) is 30.1 Å². The fraction of sp³-hybridized carbons (Fsp3) is 0.294. The molecule has 2 amide bonds. The summed E-state index contributed by atoms with van der Waals surface area (Å²) in [5, 5.41) is 16.2. The molecule has 0 bridgehead atoms. The minimum Gasteiger partial charge on any atom is -0.388 e. The normalized spacial score (nSPS) is 23.3. The topological polar surface area (TPSA) is 190 Å². The van der Waals surface area contributed by atoms with E-state index in [-0.39, 0.29) is 5.82 Å². The second kappa shape index (κ2) is 9.03. The molecule has 15 heteroatoms. The summed E-state index contributed by atoms with van der Waals surface area (Å²) in [7, 11) is 0. The lowest BCUT2D eigenvalue weighted by atomic mass is 10.1. The van der Waals surface area contributed by atoms with Crippen molar-refractivity contribution >= 4 is 47.2 Å². The Kier molecular flexibility index (Phi) is 6.35. The highest BCUT2D eigenvalue weighted by Gasteiger charge is 2.46. The van der Waals surface area contributed by atoms with Gasteiger partial charge in [0.05, 0.1) is 12.9 Å². The predicted octanol–water partition coefficient (Wildman–Crippen LogP) is 0.0828. The predicted molar refractivity (Wildman–Crippen MR) is 117 cm³/mol. The average Bonchev–Trinajstić information content (AvgIpc) is 3.29. The van der Waals surface area contributed by atoms with Gasteiger partial charge in [0.25, 0.3) is 0 Å². The summed E-state index contributed by atoms with van der Waals surface area (Å²) < 4.78 is 12.2. The second-order valence-corrected chi connectivity index (χ2v) is 9.58. The van der Waals surface area contributed by atoms with E-state index in [1.165, 1.54) is 17.2 Å². The number of anilines is 2. The Labute approximate surface area is 186 Å². The molecule has 0 spiro atoms. The van der Waals surface area contributed by atoms with E-state index in [0.717, 1.165) is 0 Å². The fourth-order valence-electron chi connectivity index (χ4n) is 3.34. The molecule has 1 aliphatic heterocycles. The maximum absolute atomic E-state index is 12.6. The van der Waals surface area contributed by atoms with E-state index < -0.39 is 43.8 Å². The van der Waals surface area contributed by atoms with Gasteiger partial charge in [0, 0.05) is 5.69 Å². The summed E-state index contributed by atoms with van der Waals surface area (Å²) in [4.78, 5) is 43.5. The van der Waals surface area contributed by atoms with E-state index >= 15 is 0 Å². The lowest BCUT2D eigenvalue weighted by Gasteiger charge is -2.23. The monoisotopic (exact) mass is 481 g/mol. The number of ether oxygens (including phenoxy) is 1. The molecule has 4 rings (SSSR count). The number of nitrogen functional groups attached to an aromatic ring is 1. The number of benzene rings is 1. The molecule has 0 radical (unpaired) electrons. The van der Waals surface area contributed by atoms with Gasteiger partial charge in [-0.2, -0.15) is 0 Å². The van der Waals surface area contributed by atoms with E-state index in [2.05, 4.69) is 37.4 Å². The molecule has 1 fully saturated rings. The van der Waals surface area contributed by atoms with Crippen LogP contribution in [-0.2, 0) is 21.1 Å². The number of nitrogens with one attached hydrogen (secondary N) is 2. The van der Waals surface area contributed by atoms with Crippen molar-refractivity contribution in [3.63, 3.8) is 0 Å².